The van der Waals surface area contributed by atoms with Crippen LogP contribution in [0.4, 0.5) is 4.79 Å². The second kappa shape index (κ2) is 8.83. The zero-order valence-electron chi connectivity index (χ0n) is 16.8. The Bertz CT molecular complexity index is 1050. The largest absolute Gasteiger partial charge is 0.480 e. The molecule has 1 aliphatic rings. The number of methoxy groups -OCH3 is 1. The summed E-state index contributed by atoms with van der Waals surface area (Å²) in [5.74, 6) is -1.28. The summed E-state index contributed by atoms with van der Waals surface area (Å²) in [6.45, 7) is 0.109. The van der Waals surface area contributed by atoms with Crippen molar-refractivity contribution in [1.29, 1.82) is 0 Å². The molecule has 0 radical (unpaired) electrons. The molecule has 0 saturated heterocycles. The number of hydrogen-bond donors (Lipinski definition) is 2. The molecule has 3 aromatic rings. The SMILES string of the molecule is COc1ncc(C[C@@H](NC(=O)OCC2c3ccccc3-c3ccccc32)C(=O)O)cn1. The fraction of sp³-hybridized carbons (Fsp3) is 0.217. The number of aliphatic carboxylic acids is 1. The van der Waals surface area contributed by atoms with E-state index in [0.29, 0.717) is 5.56 Å². The Kier molecular flexibility index (Phi) is 5.79. The molecule has 0 bridgehead atoms. The molecule has 8 nitrogen and oxygen atoms in total. The van der Waals surface area contributed by atoms with Gasteiger partial charge in [-0.25, -0.2) is 19.6 Å². The van der Waals surface area contributed by atoms with E-state index in [4.69, 9.17) is 9.47 Å². The van der Waals surface area contributed by atoms with Crippen LogP contribution in [0.1, 0.15) is 22.6 Å². The lowest BCUT2D eigenvalue weighted by molar-refractivity contribution is -0.139. The zero-order valence-corrected chi connectivity index (χ0v) is 16.8. The molecule has 4 rings (SSSR count). The standard InChI is InChI=1S/C23H21N3O5/c1-30-22-24-11-14(12-25-22)10-20(21(27)28)26-23(29)31-13-19-17-8-4-2-6-15(17)16-7-3-5-9-18(16)19/h2-9,11-12,19-20H,10,13H2,1H3,(H,26,29)(H,27,28)/t20-/m1/s1. The van der Waals surface area contributed by atoms with E-state index in [2.05, 4.69) is 15.3 Å². The van der Waals surface area contributed by atoms with Crippen LogP contribution < -0.4 is 10.1 Å². The summed E-state index contributed by atoms with van der Waals surface area (Å²) in [7, 11) is 1.44. The van der Waals surface area contributed by atoms with E-state index in [1.807, 2.05) is 48.5 Å². The number of hydrogen-bond acceptors (Lipinski definition) is 6. The van der Waals surface area contributed by atoms with E-state index < -0.39 is 18.1 Å². The van der Waals surface area contributed by atoms with Crippen LogP contribution in [-0.2, 0) is 16.0 Å². The van der Waals surface area contributed by atoms with E-state index >= 15 is 0 Å². The first-order valence-corrected chi connectivity index (χ1v) is 9.76. The Morgan fingerprint density at radius 1 is 1.03 bits per heavy atom. The maximum absolute atomic E-state index is 12.4. The Morgan fingerprint density at radius 3 is 2.16 bits per heavy atom. The first-order chi connectivity index (χ1) is 15.1. The number of amides is 1. The highest BCUT2D eigenvalue weighted by Crippen LogP contribution is 2.44. The smallest absolute Gasteiger partial charge is 0.407 e. The van der Waals surface area contributed by atoms with Gasteiger partial charge in [0.2, 0.25) is 0 Å². The van der Waals surface area contributed by atoms with Crippen LogP contribution in [0.3, 0.4) is 0 Å². The average Bonchev–Trinajstić information content (AvgIpc) is 3.11. The summed E-state index contributed by atoms with van der Waals surface area (Å²) in [5, 5.41) is 11.9. The van der Waals surface area contributed by atoms with Gasteiger partial charge in [0.15, 0.2) is 0 Å². The number of carboxylic acid groups (broad SMARTS) is 1. The van der Waals surface area contributed by atoms with Gasteiger partial charge in [0.25, 0.3) is 0 Å². The van der Waals surface area contributed by atoms with Crippen LogP contribution in [0, 0.1) is 0 Å². The molecular formula is C23H21N3O5. The Hall–Kier alpha value is -3.94. The monoisotopic (exact) mass is 419 g/mol. The molecule has 0 unspecified atom stereocenters. The minimum Gasteiger partial charge on any atom is -0.480 e. The van der Waals surface area contributed by atoms with Crippen molar-refractivity contribution < 1.29 is 24.2 Å². The molecule has 1 atom stereocenters. The molecule has 2 aromatic carbocycles. The number of nitrogens with zero attached hydrogens (tertiary/aromatic N) is 2. The average molecular weight is 419 g/mol. The summed E-state index contributed by atoms with van der Waals surface area (Å²) >= 11 is 0. The number of aromatic nitrogens is 2. The molecule has 0 saturated carbocycles. The van der Waals surface area contributed by atoms with E-state index in [1.54, 1.807) is 0 Å². The van der Waals surface area contributed by atoms with Gasteiger partial charge in [-0.15, -0.1) is 0 Å². The quantitative estimate of drug-likeness (QED) is 0.606. The summed E-state index contributed by atoms with van der Waals surface area (Å²) in [6.07, 6.45) is 2.15. The predicted octanol–water partition coefficient (Wildman–Crippen LogP) is 3.02. The van der Waals surface area contributed by atoms with Crippen molar-refractivity contribution in [2.45, 2.75) is 18.4 Å². The van der Waals surface area contributed by atoms with Crippen LogP contribution in [0.5, 0.6) is 6.01 Å². The molecule has 0 fully saturated rings. The van der Waals surface area contributed by atoms with Crippen molar-refractivity contribution in [2.75, 3.05) is 13.7 Å². The van der Waals surface area contributed by atoms with Crippen molar-refractivity contribution in [1.82, 2.24) is 15.3 Å². The molecule has 1 amide bonds. The van der Waals surface area contributed by atoms with Crippen LogP contribution in [-0.4, -0.2) is 46.9 Å². The number of carbonyl (C=O) groups is 2. The third-order valence-electron chi connectivity index (χ3n) is 5.24. The van der Waals surface area contributed by atoms with E-state index in [9.17, 15) is 14.7 Å². The lowest BCUT2D eigenvalue weighted by Gasteiger charge is -2.17. The van der Waals surface area contributed by atoms with Crippen molar-refractivity contribution in [3.8, 4) is 17.1 Å². The molecular weight excluding hydrogens is 398 g/mol. The minimum atomic E-state index is -1.18. The van der Waals surface area contributed by atoms with Crippen molar-refractivity contribution in [2.24, 2.45) is 0 Å². The number of fused-ring (bicyclic) bond motifs is 3. The molecule has 1 aromatic heterocycles. The van der Waals surface area contributed by atoms with Crippen LogP contribution >= 0.6 is 0 Å². The highest BCUT2D eigenvalue weighted by atomic mass is 16.5. The van der Waals surface area contributed by atoms with Gasteiger partial charge < -0.3 is 19.9 Å². The number of rotatable bonds is 7. The van der Waals surface area contributed by atoms with Gasteiger partial charge in [0.05, 0.1) is 7.11 Å². The van der Waals surface area contributed by atoms with Gasteiger partial charge >= 0.3 is 18.1 Å². The van der Waals surface area contributed by atoms with Crippen LogP contribution in [0.25, 0.3) is 11.1 Å². The second-order valence-electron chi connectivity index (χ2n) is 7.14. The van der Waals surface area contributed by atoms with E-state index in [1.165, 1.54) is 19.5 Å². The molecule has 0 aliphatic heterocycles. The number of benzene rings is 2. The van der Waals surface area contributed by atoms with Gasteiger partial charge in [-0.2, -0.15) is 0 Å². The third kappa shape index (κ3) is 4.32. The Balaban J connectivity index is 1.41. The van der Waals surface area contributed by atoms with Gasteiger partial charge in [-0.3, -0.25) is 0 Å². The zero-order chi connectivity index (χ0) is 21.8. The highest BCUT2D eigenvalue weighted by molar-refractivity contribution is 5.81. The summed E-state index contributed by atoms with van der Waals surface area (Å²) in [6, 6.07) is 15.0. The molecule has 31 heavy (non-hydrogen) atoms. The molecule has 1 aliphatic carbocycles. The summed E-state index contributed by atoms with van der Waals surface area (Å²) in [4.78, 5) is 31.9. The first kappa shape index (κ1) is 20.3. The van der Waals surface area contributed by atoms with E-state index in [-0.39, 0.29) is 25.0 Å². The lowest BCUT2D eigenvalue weighted by atomic mass is 9.98. The van der Waals surface area contributed by atoms with Crippen molar-refractivity contribution in [3.63, 3.8) is 0 Å². The number of carboxylic acids is 1. The fourth-order valence-electron chi connectivity index (χ4n) is 3.77. The summed E-state index contributed by atoms with van der Waals surface area (Å²) in [5.41, 5.74) is 4.96. The number of alkyl carbamates (subject to hydrolysis) is 1. The fourth-order valence-corrected chi connectivity index (χ4v) is 3.77. The third-order valence-corrected chi connectivity index (χ3v) is 5.24. The van der Waals surface area contributed by atoms with Crippen LogP contribution in [0.2, 0.25) is 0 Å². The maximum atomic E-state index is 12.4. The molecule has 0 spiro atoms. The number of nitrogens with one attached hydrogen (secondary N) is 1. The normalized spacial score (nSPS) is 13.1. The number of carbonyl (C=O) groups excluding carboxylic acids is 1. The maximum Gasteiger partial charge on any atom is 0.407 e. The Labute approximate surface area is 178 Å². The van der Waals surface area contributed by atoms with Gasteiger partial charge in [-0.1, -0.05) is 48.5 Å². The van der Waals surface area contributed by atoms with Gasteiger partial charge in [0, 0.05) is 24.7 Å². The molecule has 2 N–H and O–H groups in total. The highest BCUT2D eigenvalue weighted by Gasteiger charge is 2.29. The van der Waals surface area contributed by atoms with Crippen molar-refractivity contribution >= 4 is 12.1 Å². The second-order valence-corrected chi connectivity index (χ2v) is 7.14. The van der Waals surface area contributed by atoms with Gasteiger partial charge in [-0.05, 0) is 27.8 Å². The molecule has 8 heteroatoms. The Morgan fingerprint density at radius 2 is 1.61 bits per heavy atom. The first-order valence-electron chi connectivity index (χ1n) is 9.76. The molecule has 1 heterocycles. The predicted molar refractivity (Wildman–Crippen MR) is 112 cm³/mol. The van der Waals surface area contributed by atoms with Crippen LogP contribution in [0.15, 0.2) is 60.9 Å². The molecule has 158 valence electrons. The lowest BCUT2D eigenvalue weighted by Crippen LogP contribution is -2.43. The van der Waals surface area contributed by atoms with Crippen molar-refractivity contribution in [3.05, 3.63) is 77.6 Å². The summed E-state index contributed by atoms with van der Waals surface area (Å²) < 4.78 is 10.3. The topological polar surface area (TPSA) is 111 Å². The number of ether oxygens (including phenoxy) is 2. The minimum absolute atomic E-state index is 0.0174. The van der Waals surface area contributed by atoms with Gasteiger partial charge in [0.1, 0.15) is 12.6 Å². The van der Waals surface area contributed by atoms with E-state index in [0.717, 1.165) is 22.3 Å².